The highest BCUT2D eigenvalue weighted by Gasteiger charge is 2.02. The molecule has 0 saturated carbocycles. The van der Waals surface area contributed by atoms with Gasteiger partial charge in [0.05, 0.1) is 6.42 Å². The molecule has 4 heteroatoms. The molecular weight excluding hydrogens is 224 g/mol. The summed E-state index contributed by atoms with van der Waals surface area (Å²) in [6.45, 7) is 1.62. The van der Waals surface area contributed by atoms with Gasteiger partial charge in [-0.05, 0) is 37.7 Å². The summed E-state index contributed by atoms with van der Waals surface area (Å²) in [6, 6.07) is 7.37. The molecule has 0 aliphatic heterocycles. The number of hydrogen-bond acceptors (Lipinski definition) is 2. The highest BCUT2D eigenvalue weighted by molar-refractivity contribution is 6.30. The maximum atomic E-state index is 11.5. The van der Waals surface area contributed by atoms with Crippen LogP contribution in [0.5, 0.6) is 0 Å². The highest BCUT2D eigenvalue weighted by Crippen LogP contribution is 2.10. The van der Waals surface area contributed by atoms with Crippen LogP contribution in [-0.2, 0) is 11.2 Å². The molecule has 2 N–H and O–H groups in total. The zero-order valence-corrected chi connectivity index (χ0v) is 10.2. The molecule has 0 unspecified atom stereocenters. The number of halogens is 1. The molecule has 16 heavy (non-hydrogen) atoms. The summed E-state index contributed by atoms with van der Waals surface area (Å²) >= 11 is 5.83. The molecule has 0 fully saturated rings. The van der Waals surface area contributed by atoms with Crippen molar-refractivity contribution < 1.29 is 4.79 Å². The molecule has 0 heterocycles. The van der Waals surface area contributed by atoms with Crippen molar-refractivity contribution in [2.45, 2.75) is 12.8 Å². The number of nitrogens with one attached hydrogen (secondary N) is 2. The Morgan fingerprint density at radius 3 is 2.88 bits per heavy atom. The Hall–Kier alpha value is -1.06. The number of hydrogen-bond donors (Lipinski definition) is 2. The van der Waals surface area contributed by atoms with Gasteiger partial charge in [0, 0.05) is 11.6 Å². The third kappa shape index (κ3) is 5.14. The molecule has 0 bridgehead atoms. The van der Waals surface area contributed by atoms with Crippen molar-refractivity contribution in [3.8, 4) is 0 Å². The smallest absolute Gasteiger partial charge is 0.224 e. The van der Waals surface area contributed by atoms with Crippen LogP contribution in [0.2, 0.25) is 5.02 Å². The highest BCUT2D eigenvalue weighted by atomic mass is 35.5. The van der Waals surface area contributed by atoms with Crippen LogP contribution in [-0.4, -0.2) is 26.0 Å². The second kappa shape index (κ2) is 7.25. The van der Waals surface area contributed by atoms with Gasteiger partial charge in [0.1, 0.15) is 0 Å². The van der Waals surface area contributed by atoms with E-state index in [0.29, 0.717) is 18.0 Å². The molecule has 1 amide bonds. The van der Waals surface area contributed by atoms with Gasteiger partial charge in [0.2, 0.25) is 5.91 Å². The van der Waals surface area contributed by atoms with Crippen LogP contribution >= 0.6 is 11.6 Å². The van der Waals surface area contributed by atoms with Crippen molar-refractivity contribution in [2.24, 2.45) is 0 Å². The Morgan fingerprint density at radius 1 is 1.38 bits per heavy atom. The lowest BCUT2D eigenvalue weighted by Crippen LogP contribution is -2.27. The topological polar surface area (TPSA) is 41.1 Å². The maximum Gasteiger partial charge on any atom is 0.224 e. The first kappa shape index (κ1) is 13.0. The van der Waals surface area contributed by atoms with E-state index in [0.717, 1.165) is 18.5 Å². The average Bonchev–Trinajstić information content (AvgIpc) is 2.24. The van der Waals surface area contributed by atoms with Gasteiger partial charge in [-0.2, -0.15) is 0 Å². The van der Waals surface area contributed by atoms with Crippen LogP contribution in [0.4, 0.5) is 0 Å². The van der Waals surface area contributed by atoms with Crippen LogP contribution in [0.15, 0.2) is 24.3 Å². The molecule has 0 aliphatic carbocycles. The number of rotatable bonds is 6. The molecule has 1 aromatic rings. The van der Waals surface area contributed by atoms with Gasteiger partial charge in [-0.1, -0.05) is 23.7 Å². The van der Waals surface area contributed by atoms with Crippen molar-refractivity contribution in [3.63, 3.8) is 0 Å². The molecule has 0 aliphatic rings. The lowest BCUT2D eigenvalue weighted by atomic mass is 10.1. The Bertz CT molecular complexity index is 342. The van der Waals surface area contributed by atoms with E-state index in [1.165, 1.54) is 0 Å². The van der Waals surface area contributed by atoms with Crippen LogP contribution in [0.3, 0.4) is 0 Å². The lowest BCUT2D eigenvalue weighted by molar-refractivity contribution is -0.120. The number of carbonyl (C=O) groups excluding carboxylic acids is 1. The van der Waals surface area contributed by atoms with E-state index in [1.54, 1.807) is 6.07 Å². The van der Waals surface area contributed by atoms with Crippen LogP contribution in [0, 0.1) is 0 Å². The van der Waals surface area contributed by atoms with Crippen molar-refractivity contribution in [1.29, 1.82) is 0 Å². The fourth-order valence-corrected chi connectivity index (χ4v) is 1.60. The van der Waals surface area contributed by atoms with E-state index in [9.17, 15) is 4.79 Å². The Labute approximate surface area is 101 Å². The van der Waals surface area contributed by atoms with Crippen molar-refractivity contribution >= 4 is 17.5 Å². The van der Waals surface area contributed by atoms with E-state index >= 15 is 0 Å². The lowest BCUT2D eigenvalue weighted by Gasteiger charge is -2.05. The van der Waals surface area contributed by atoms with E-state index in [4.69, 9.17) is 11.6 Å². The molecule has 1 aromatic carbocycles. The molecular formula is C12H17ClN2O. The number of benzene rings is 1. The van der Waals surface area contributed by atoms with E-state index in [1.807, 2.05) is 25.2 Å². The average molecular weight is 241 g/mol. The molecule has 0 radical (unpaired) electrons. The third-order valence-corrected chi connectivity index (χ3v) is 2.41. The van der Waals surface area contributed by atoms with Gasteiger partial charge < -0.3 is 10.6 Å². The van der Waals surface area contributed by atoms with Gasteiger partial charge >= 0.3 is 0 Å². The Balaban J connectivity index is 2.29. The minimum Gasteiger partial charge on any atom is -0.356 e. The van der Waals surface area contributed by atoms with Crippen molar-refractivity contribution in [3.05, 3.63) is 34.9 Å². The summed E-state index contributed by atoms with van der Waals surface area (Å²) in [5, 5.41) is 6.56. The predicted molar refractivity (Wildman–Crippen MR) is 66.7 cm³/mol. The summed E-state index contributed by atoms with van der Waals surface area (Å²) < 4.78 is 0. The van der Waals surface area contributed by atoms with Crippen LogP contribution < -0.4 is 10.6 Å². The van der Waals surface area contributed by atoms with Gasteiger partial charge in [0.25, 0.3) is 0 Å². The summed E-state index contributed by atoms with van der Waals surface area (Å²) in [7, 11) is 1.90. The largest absolute Gasteiger partial charge is 0.356 e. The van der Waals surface area contributed by atoms with Gasteiger partial charge in [-0.3, -0.25) is 4.79 Å². The quantitative estimate of drug-likeness (QED) is 0.742. The Kier molecular flexibility index (Phi) is 5.90. The van der Waals surface area contributed by atoms with E-state index in [-0.39, 0.29) is 5.91 Å². The fraction of sp³-hybridized carbons (Fsp3) is 0.417. The summed E-state index contributed by atoms with van der Waals surface area (Å²) in [5.41, 5.74) is 0.943. The Morgan fingerprint density at radius 2 is 2.19 bits per heavy atom. The van der Waals surface area contributed by atoms with E-state index < -0.39 is 0 Å². The normalized spacial score (nSPS) is 10.1. The van der Waals surface area contributed by atoms with Crippen LogP contribution in [0.1, 0.15) is 12.0 Å². The maximum absolute atomic E-state index is 11.5. The zero-order chi connectivity index (χ0) is 11.8. The third-order valence-electron chi connectivity index (χ3n) is 2.18. The summed E-state index contributed by atoms with van der Waals surface area (Å²) in [4.78, 5) is 11.5. The first-order chi connectivity index (χ1) is 7.72. The standard InChI is InChI=1S/C12H17ClN2O/c1-14-6-3-7-15-12(16)9-10-4-2-5-11(13)8-10/h2,4-5,8,14H,3,6-7,9H2,1H3,(H,15,16). The first-order valence-electron chi connectivity index (χ1n) is 5.38. The minimum atomic E-state index is 0.0402. The van der Waals surface area contributed by atoms with E-state index in [2.05, 4.69) is 10.6 Å². The first-order valence-corrected chi connectivity index (χ1v) is 5.76. The molecule has 0 saturated heterocycles. The second-order valence-corrected chi connectivity index (χ2v) is 4.05. The fourth-order valence-electron chi connectivity index (χ4n) is 1.39. The molecule has 0 aromatic heterocycles. The van der Waals surface area contributed by atoms with Gasteiger partial charge in [-0.25, -0.2) is 0 Å². The van der Waals surface area contributed by atoms with Gasteiger partial charge in [-0.15, -0.1) is 0 Å². The molecule has 88 valence electrons. The molecule has 0 spiro atoms. The molecule has 1 rings (SSSR count). The minimum absolute atomic E-state index is 0.0402. The van der Waals surface area contributed by atoms with Crippen molar-refractivity contribution in [1.82, 2.24) is 10.6 Å². The number of amides is 1. The SMILES string of the molecule is CNCCCNC(=O)Cc1cccc(Cl)c1. The van der Waals surface area contributed by atoms with Crippen LogP contribution in [0.25, 0.3) is 0 Å². The molecule has 3 nitrogen and oxygen atoms in total. The second-order valence-electron chi connectivity index (χ2n) is 3.61. The van der Waals surface area contributed by atoms with Gasteiger partial charge in [0.15, 0.2) is 0 Å². The monoisotopic (exact) mass is 240 g/mol. The predicted octanol–water partition coefficient (Wildman–Crippen LogP) is 1.61. The molecule has 0 atom stereocenters. The summed E-state index contributed by atoms with van der Waals surface area (Å²) in [5.74, 6) is 0.0402. The van der Waals surface area contributed by atoms with Crippen molar-refractivity contribution in [2.75, 3.05) is 20.1 Å². The zero-order valence-electron chi connectivity index (χ0n) is 9.42. The summed E-state index contributed by atoms with van der Waals surface area (Å²) in [6.07, 6.45) is 1.33. The number of carbonyl (C=O) groups is 1.